The van der Waals surface area contributed by atoms with E-state index < -0.39 is 0 Å². The number of carbonyl (C=O) groups excluding carboxylic acids is 1. The van der Waals surface area contributed by atoms with Gasteiger partial charge in [0.05, 0.1) is 11.3 Å². The molecule has 6 heteroatoms. The van der Waals surface area contributed by atoms with E-state index in [1.54, 1.807) is 12.3 Å². The van der Waals surface area contributed by atoms with Crippen LogP contribution in [0, 0.1) is 18.3 Å². The molecule has 1 aliphatic rings. The highest BCUT2D eigenvalue weighted by Gasteiger charge is 2.20. The number of anilines is 2. The van der Waals surface area contributed by atoms with Crippen LogP contribution < -0.4 is 10.2 Å². The van der Waals surface area contributed by atoms with Gasteiger partial charge in [-0.15, -0.1) is 0 Å². The average molecular weight is 335 g/mol. The van der Waals surface area contributed by atoms with Crippen LogP contribution in [0.25, 0.3) is 0 Å². The molecule has 0 saturated carbocycles. The zero-order valence-corrected chi connectivity index (χ0v) is 14.3. The Morgan fingerprint density at radius 1 is 1.20 bits per heavy atom. The minimum absolute atomic E-state index is 0.0963. The number of aromatic nitrogens is 1. The van der Waals surface area contributed by atoms with Crippen LogP contribution in [0.4, 0.5) is 16.2 Å². The Kier molecular flexibility index (Phi) is 5.14. The largest absolute Gasteiger partial charge is 0.369 e. The quantitative estimate of drug-likeness (QED) is 0.916. The average Bonchev–Trinajstić information content (AvgIpc) is 2.88. The van der Waals surface area contributed by atoms with E-state index >= 15 is 0 Å². The maximum Gasteiger partial charge on any atom is 0.321 e. The summed E-state index contributed by atoms with van der Waals surface area (Å²) < 4.78 is 0. The van der Waals surface area contributed by atoms with Crippen molar-refractivity contribution < 1.29 is 4.79 Å². The zero-order valence-electron chi connectivity index (χ0n) is 14.3. The second kappa shape index (κ2) is 7.67. The molecule has 2 aromatic rings. The van der Waals surface area contributed by atoms with E-state index in [2.05, 4.69) is 21.3 Å². The van der Waals surface area contributed by atoms with Crippen molar-refractivity contribution in [2.45, 2.75) is 13.3 Å². The Labute approximate surface area is 147 Å². The third-order valence-corrected chi connectivity index (χ3v) is 4.30. The maximum absolute atomic E-state index is 12.5. The molecule has 2 amide bonds. The van der Waals surface area contributed by atoms with E-state index in [1.165, 1.54) is 0 Å². The molecule has 1 aliphatic heterocycles. The minimum Gasteiger partial charge on any atom is -0.369 e. The van der Waals surface area contributed by atoms with Crippen LogP contribution in [0.15, 0.2) is 42.6 Å². The number of benzene rings is 1. The molecule has 1 N–H and O–H groups in total. The van der Waals surface area contributed by atoms with E-state index in [4.69, 9.17) is 0 Å². The van der Waals surface area contributed by atoms with Crippen LogP contribution in [0.3, 0.4) is 0 Å². The molecule has 0 aliphatic carbocycles. The Morgan fingerprint density at radius 3 is 2.84 bits per heavy atom. The molecule has 0 spiro atoms. The van der Waals surface area contributed by atoms with Gasteiger partial charge in [0.2, 0.25) is 0 Å². The molecular formula is C19H21N5O. The smallest absolute Gasteiger partial charge is 0.321 e. The summed E-state index contributed by atoms with van der Waals surface area (Å²) in [5, 5.41) is 12.2. The van der Waals surface area contributed by atoms with Gasteiger partial charge in [-0.3, -0.25) is 4.98 Å². The summed E-state index contributed by atoms with van der Waals surface area (Å²) in [7, 11) is 0. The van der Waals surface area contributed by atoms with Gasteiger partial charge in [-0.1, -0.05) is 12.1 Å². The van der Waals surface area contributed by atoms with Crippen molar-refractivity contribution in [1.29, 1.82) is 5.26 Å². The third-order valence-electron chi connectivity index (χ3n) is 4.30. The highest BCUT2D eigenvalue weighted by atomic mass is 16.2. The molecule has 0 unspecified atom stereocenters. The lowest BCUT2D eigenvalue weighted by molar-refractivity contribution is 0.215. The van der Waals surface area contributed by atoms with E-state index in [9.17, 15) is 10.1 Å². The number of pyridine rings is 1. The fourth-order valence-corrected chi connectivity index (χ4v) is 3.03. The molecule has 2 heterocycles. The number of urea groups is 1. The van der Waals surface area contributed by atoms with Crippen molar-refractivity contribution in [3.63, 3.8) is 0 Å². The number of nitriles is 1. The number of aryl methyl sites for hydroxylation is 1. The predicted octanol–water partition coefficient (Wildman–Crippen LogP) is 3.01. The lowest BCUT2D eigenvalue weighted by Crippen LogP contribution is -2.38. The van der Waals surface area contributed by atoms with Gasteiger partial charge in [-0.25, -0.2) is 4.79 Å². The van der Waals surface area contributed by atoms with E-state index in [-0.39, 0.29) is 6.03 Å². The molecule has 6 nitrogen and oxygen atoms in total. The Morgan fingerprint density at radius 2 is 2.04 bits per heavy atom. The molecule has 128 valence electrons. The van der Waals surface area contributed by atoms with Crippen LogP contribution in [0.1, 0.15) is 17.7 Å². The molecule has 0 bridgehead atoms. The first-order chi connectivity index (χ1) is 12.2. The standard InChI is InChI=1S/C19H21N5O/c1-15-13-17(7-8-21-15)22-19(25)24-10-4-9-23(11-12-24)18-6-3-2-5-16(18)14-20/h2-3,5-8,13H,4,9-12H2,1H3,(H,21,22,25). The number of hydrogen-bond donors (Lipinski definition) is 1. The second-order valence-electron chi connectivity index (χ2n) is 6.07. The number of para-hydroxylation sites is 1. The van der Waals surface area contributed by atoms with Gasteiger partial charge in [0.1, 0.15) is 6.07 Å². The third kappa shape index (κ3) is 4.07. The van der Waals surface area contributed by atoms with Crippen molar-refractivity contribution in [3.8, 4) is 6.07 Å². The summed E-state index contributed by atoms with van der Waals surface area (Å²) in [6.07, 6.45) is 2.55. The topological polar surface area (TPSA) is 72.3 Å². The first-order valence-electron chi connectivity index (χ1n) is 8.40. The van der Waals surface area contributed by atoms with Gasteiger partial charge in [0.25, 0.3) is 0 Å². The first kappa shape index (κ1) is 16.8. The molecule has 0 radical (unpaired) electrons. The summed E-state index contributed by atoms with van der Waals surface area (Å²) in [6.45, 7) is 4.75. The van der Waals surface area contributed by atoms with Crippen LogP contribution in [-0.2, 0) is 0 Å². The molecule has 0 atom stereocenters. The maximum atomic E-state index is 12.5. The number of hydrogen-bond acceptors (Lipinski definition) is 4. The van der Waals surface area contributed by atoms with Crippen LogP contribution in [-0.4, -0.2) is 42.1 Å². The van der Waals surface area contributed by atoms with Gasteiger partial charge < -0.3 is 15.1 Å². The molecule has 1 fully saturated rings. The van der Waals surface area contributed by atoms with E-state index in [1.807, 2.05) is 42.2 Å². The van der Waals surface area contributed by atoms with Crippen molar-refractivity contribution in [2.75, 3.05) is 36.4 Å². The minimum atomic E-state index is -0.0963. The van der Waals surface area contributed by atoms with E-state index in [0.717, 1.165) is 30.0 Å². The number of rotatable bonds is 2. The second-order valence-corrected chi connectivity index (χ2v) is 6.07. The lowest BCUT2D eigenvalue weighted by atomic mass is 10.1. The van der Waals surface area contributed by atoms with Crippen molar-refractivity contribution >= 4 is 17.4 Å². The number of amides is 2. The predicted molar refractivity (Wildman–Crippen MR) is 97.6 cm³/mol. The Hall–Kier alpha value is -3.07. The van der Waals surface area contributed by atoms with Crippen LogP contribution in [0.2, 0.25) is 0 Å². The van der Waals surface area contributed by atoms with Crippen molar-refractivity contribution in [2.24, 2.45) is 0 Å². The molecular weight excluding hydrogens is 314 g/mol. The lowest BCUT2D eigenvalue weighted by Gasteiger charge is -2.24. The fourth-order valence-electron chi connectivity index (χ4n) is 3.03. The molecule has 3 rings (SSSR count). The fraction of sp³-hybridized carbons (Fsp3) is 0.316. The number of carbonyl (C=O) groups is 1. The summed E-state index contributed by atoms with van der Waals surface area (Å²) in [5.74, 6) is 0. The number of nitrogens with zero attached hydrogens (tertiary/aromatic N) is 4. The van der Waals surface area contributed by atoms with E-state index in [0.29, 0.717) is 25.2 Å². The van der Waals surface area contributed by atoms with Crippen LogP contribution >= 0.6 is 0 Å². The summed E-state index contributed by atoms with van der Waals surface area (Å²) in [6, 6.07) is 13.4. The summed E-state index contributed by atoms with van der Waals surface area (Å²) in [5.41, 5.74) is 3.24. The highest BCUT2D eigenvalue weighted by molar-refractivity contribution is 5.89. The van der Waals surface area contributed by atoms with Gasteiger partial charge in [-0.05, 0) is 37.6 Å². The molecule has 1 aromatic heterocycles. The van der Waals surface area contributed by atoms with Gasteiger partial charge in [0.15, 0.2) is 0 Å². The Bertz CT molecular complexity index is 798. The zero-order chi connectivity index (χ0) is 17.6. The van der Waals surface area contributed by atoms with Gasteiger partial charge in [0, 0.05) is 43.8 Å². The van der Waals surface area contributed by atoms with Crippen molar-refractivity contribution in [3.05, 3.63) is 53.9 Å². The first-order valence-corrected chi connectivity index (χ1v) is 8.40. The van der Waals surface area contributed by atoms with Crippen LogP contribution in [0.5, 0.6) is 0 Å². The summed E-state index contributed by atoms with van der Waals surface area (Å²) >= 11 is 0. The SMILES string of the molecule is Cc1cc(NC(=O)N2CCCN(c3ccccc3C#N)CC2)ccn1. The monoisotopic (exact) mass is 335 g/mol. The highest BCUT2D eigenvalue weighted by Crippen LogP contribution is 2.21. The molecule has 1 aromatic carbocycles. The number of nitrogens with one attached hydrogen (secondary N) is 1. The normalized spacial score (nSPS) is 14.6. The van der Waals surface area contributed by atoms with Gasteiger partial charge >= 0.3 is 6.03 Å². The Balaban J connectivity index is 1.65. The molecule has 25 heavy (non-hydrogen) atoms. The van der Waals surface area contributed by atoms with Gasteiger partial charge in [-0.2, -0.15) is 5.26 Å². The van der Waals surface area contributed by atoms with Crippen molar-refractivity contribution in [1.82, 2.24) is 9.88 Å². The summed E-state index contributed by atoms with van der Waals surface area (Å²) in [4.78, 5) is 20.7. The molecule has 1 saturated heterocycles.